The predicted octanol–water partition coefficient (Wildman–Crippen LogP) is 3.33. The molecule has 3 nitrogen and oxygen atoms in total. The van der Waals surface area contributed by atoms with E-state index in [-0.39, 0.29) is 11.9 Å². The molecule has 0 saturated heterocycles. The average molecular weight is 306 g/mol. The van der Waals surface area contributed by atoms with Gasteiger partial charge in [-0.1, -0.05) is 6.07 Å². The number of pyridine rings is 1. The Kier molecular flexibility index (Phi) is 5.73. The summed E-state index contributed by atoms with van der Waals surface area (Å²) in [5, 5.41) is 13.3. The summed E-state index contributed by atoms with van der Waals surface area (Å²) in [5.41, 5.74) is 1.68. The van der Waals surface area contributed by atoms with Crippen molar-refractivity contribution in [2.24, 2.45) is 0 Å². The van der Waals surface area contributed by atoms with Gasteiger partial charge in [0.2, 0.25) is 0 Å². The molecule has 2 aromatic rings. The van der Waals surface area contributed by atoms with Crippen LogP contribution in [0.15, 0.2) is 47.6 Å². The molecule has 1 aromatic carbocycles. The zero-order valence-corrected chi connectivity index (χ0v) is 12.9. The third kappa shape index (κ3) is 4.27. The van der Waals surface area contributed by atoms with Crippen molar-refractivity contribution < 1.29 is 9.50 Å². The fraction of sp³-hybridized carbons (Fsp3) is 0.312. The minimum Gasteiger partial charge on any atom is -0.387 e. The molecule has 0 spiro atoms. The summed E-state index contributed by atoms with van der Waals surface area (Å²) >= 11 is 1.39. The lowest BCUT2D eigenvalue weighted by atomic mass is 10.1. The summed E-state index contributed by atoms with van der Waals surface area (Å²) < 4.78 is 13.8. The smallest absolute Gasteiger partial charge is 0.137 e. The summed E-state index contributed by atoms with van der Waals surface area (Å²) in [6.07, 6.45) is 4.55. The second-order valence-electron chi connectivity index (χ2n) is 4.82. The summed E-state index contributed by atoms with van der Waals surface area (Å²) in [4.78, 5) is 4.56. The highest BCUT2D eigenvalue weighted by molar-refractivity contribution is 7.98. The van der Waals surface area contributed by atoms with Gasteiger partial charge in [-0.15, -0.1) is 11.8 Å². The maximum Gasteiger partial charge on any atom is 0.137 e. The molecule has 0 fully saturated rings. The van der Waals surface area contributed by atoms with Crippen LogP contribution in [0, 0.1) is 5.82 Å². The normalized spacial score (nSPS) is 13.9. The lowest BCUT2D eigenvalue weighted by Gasteiger charge is -2.18. The molecule has 2 atom stereocenters. The Labute approximate surface area is 128 Å². The van der Waals surface area contributed by atoms with Crippen molar-refractivity contribution in [3.05, 3.63) is 59.7 Å². The SMILES string of the molecule is CSc1ccc(C(C)NCC(O)c2ccncc2)cc1F. The number of nitrogens with zero attached hydrogens (tertiary/aromatic N) is 1. The largest absolute Gasteiger partial charge is 0.387 e. The number of hydrogen-bond donors (Lipinski definition) is 2. The van der Waals surface area contributed by atoms with Crippen molar-refractivity contribution in [1.82, 2.24) is 10.3 Å². The van der Waals surface area contributed by atoms with Gasteiger partial charge in [0.15, 0.2) is 0 Å². The fourth-order valence-corrected chi connectivity index (χ4v) is 2.52. The van der Waals surface area contributed by atoms with Crippen molar-refractivity contribution in [3.8, 4) is 0 Å². The van der Waals surface area contributed by atoms with Gasteiger partial charge < -0.3 is 10.4 Å². The molecule has 2 unspecified atom stereocenters. The van der Waals surface area contributed by atoms with Gasteiger partial charge >= 0.3 is 0 Å². The minimum atomic E-state index is -0.606. The predicted molar refractivity (Wildman–Crippen MR) is 83.8 cm³/mol. The molecular weight excluding hydrogens is 287 g/mol. The molecule has 5 heteroatoms. The molecule has 1 heterocycles. The molecule has 112 valence electrons. The molecule has 1 aromatic heterocycles. The summed E-state index contributed by atoms with van der Waals surface area (Å²) in [6, 6.07) is 8.76. The minimum absolute atomic E-state index is 0.0353. The lowest BCUT2D eigenvalue weighted by Crippen LogP contribution is -2.24. The van der Waals surface area contributed by atoms with Gasteiger partial charge in [0, 0.05) is 29.9 Å². The third-order valence-electron chi connectivity index (χ3n) is 3.38. The Morgan fingerprint density at radius 2 is 1.95 bits per heavy atom. The highest BCUT2D eigenvalue weighted by Crippen LogP contribution is 2.23. The van der Waals surface area contributed by atoms with Crippen LogP contribution < -0.4 is 5.32 Å². The van der Waals surface area contributed by atoms with Crippen LogP contribution >= 0.6 is 11.8 Å². The first-order valence-corrected chi connectivity index (χ1v) is 7.99. The summed E-state index contributed by atoms with van der Waals surface area (Å²) in [6.45, 7) is 2.35. The number of halogens is 1. The molecular formula is C16H19FN2OS. The van der Waals surface area contributed by atoms with Gasteiger partial charge in [0.25, 0.3) is 0 Å². The second-order valence-corrected chi connectivity index (χ2v) is 5.67. The first kappa shape index (κ1) is 15.9. The highest BCUT2D eigenvalue weighted by Gasteiger charge is 2.12. The quantitative estimate of drug-likeness (QED) is 0.804. The molecule has 0 bridgehead atoms. The van der Waals surface area contributed by atoms with E-state index in [1.165, 1.54) is 11.8 Å². The van der Waals surface area contributed by atoms with Crippen LogP contribution in [-0.2, 0) is 0 Å². The van der Waals surface area contributed by atoms with E-state index in [9.17, 15) is 9.50 Å². The van der Waals surface area contributed by atoms with E-state index in [2.05, 4.69) is 10.3 Å². The van der Waals surface area contributed by atoms with E-state index in [1.54, 1.807) is 36.7 Å². The number of aliphatic hydroxyl groups excluding tert-OH is 1. The number of hydrogen-bond acceptors (Lipinski definition) is 4. The van der Waals surface area contributed by atoms with Crippen LogP contribution in [-0.4, -0.2) is 22.9 Å². The zero-order valence-electron chi connectivity index (χ0n) is 12.1. The first-order valence-electron chi connectivity index (χ1n) is 6.76. The van der Waals surface area contributed by atoms with Crippen molar-refractivity contribution >= 4 is 11.8 Å². The number of thioether (sulfide) groups is 1. The monoisotopic (exact) mass is 306 g/mol. The molecule has 0 aliphatic heterocycles. The van der Waals surface area contributed by atoms with E-state index < -0.39 is 6.10 Å². The van der Waals surface area contributed by atoms with E-state index in [0.29, 0.717) is 11.4 Å². The van der Waals surface area contributed by atoms with Crippen molar-refractivity contribution in [2.45, 2.75) is 24.0 Å². The average Bonchev–Trinajstić information content (AvgIpc) is 2.53. The fourth-order valence-electron chi connectivity index (χ4n) is 2.06. The molecule has 0 saturated carbocycles. The van der Waals surface area contributed by atoms with Gasteiger partial charge in [-0.2, -0.15) is 0 Å². The van der Waals surface area contributed by atoms with Gasteiger partial charge in [-0.25, -0.2) is 4.39 Å². The first-order chi connectivity index (χ1) is 10.1. The number of nitrogens with one attached hydrogen (secondary N) is 1. The van der Waals surface area contributed by atoms with Crippen LogP contribution in [0.3, 0.4) is 0 Å². The van der Waals surface area contributed by atoms with Crippen LogP contribution in [0.25, 0.3) is 0 Å². The van der Waals surface area contributed by atoms with Crippen molar-refractivity contribution in [3.63, 3.8) is 0 Å². The Bertz CT molecular complexity index is 580. The molecule has 0 aliphatic carbocycles. The maximum absolute atomic E-state index is 13.8. The van der Waals surface area contributed by atoms with E-state index in [4.69, 9.17) is 0 Å². The standard InChI is InChI=1S/C16H19FN2OS/c1-11(13-3-4-16(21-2)14(17)9-13)19-10-15(20)12-5-7-18-8-6-12/h3-9,11,15,19-20H,10H2,1-2H3. The molecule has 21 heavy (non-hydrogen) atoms. The molecule has 0 amide bonds. The second kappa shape index (κ2) is 7.54. The third-order valence-corrected chi connectivity index (χ3v) is 4.16. The van der Waals surface area contributed by atoms with Gasteiger partial charge in [-0.3, -0.25) is 4.98 Å². The molecule has 0 aliphatic rings. The lowest BCUT2D eigenvalue weighted by molar-refractivity contribution is 0.170. The molecule has 0 radical (unpaired) electrons. The Hall–Kier alpha value is -1.43. The van der Waals surface area contributed by atoms with Crippen LogP contribution in [0.5, 0.6) is 0 Å². The topological polar surface area (TPSA) is 45.1 Å². The Morgan fingerprint density at radius 1 is 1.24 bits per heavy atom. The number of aliphatic hydroxyl groups is 1. The maximum atomic E-state index is 13.8. The van der Waals surface area contributed by atoms with Crippen molar-refractivity contribution in [1.29, 1.82) is 0 Å². The number of benzene rings is 1. The molecule has 2 N–H and O–H groups in total. The van der Waals surface area contributed by atoms with Gasteiger partial charge in [0.1, 0.15) is 5.82 Å². The van der Waals surface area contributed by atoms with Gasteiger partial charge in [-0.05, 0) is 48.6 Å². The van der Waals surface area contributed by atoms with Gasteiger partial charge in [0.05, 0.1) is 6.10 Å². The summed E-state index contributed by atoms with van der Waals surface area (Å²) in [7, 11) is 0. The van der Waals surface area contributed by atoms with Crippen LogP contribution in [0.4, 0.5) is 4.39 Å². The molecule has 2 rings (SSSR count). The van der Waals surface area contributed by atoms with E-state index in [1.807, 2.05) is 19.2 Å². The number of aromatic nitrogens is 1. The van der Waals surface area contributed by atoms with Crippen LogP contribution in [0.2, 0.25) is 0 Å². The highest BCUT2D eigenvalue weighted by atomic mass is 32.2. The van der Waals surface area contributed by atoms with E-state index >= 15 is 0 Å². The Morgan fingerprint density at radius 3 is 2.57 bits per heavy atom. The Balaban J connectivity index is 1.95. The van der Waals surface area contributed by atoms with E-state index in [0.717, 1.165) is 11.1 Å². The number of rotatable bonds is 6. The summed E-state index contributed by atoms with van der Waals surface area (Å²) in [5.74, 6) is -0.205. The zero-order chi connectivity index (χ0) is 15.2. The van der Waals surface area contributed by atoms with Crippen molar-refractivity contribution in [2.75, 3.05) is 12.8 Å². The van der Waals surface area contributed by atoms with Crippen LogP contribution in [0.1, 0.15) is 30.2 Å².